The molecule has 4 heterocycles. The summed E-state index contributed by atoms with van der Waals surface area (Å²) < 4.78 is 16.4. The number of aryl methyl sites for hydroxylation is 1. The van der Waals surface area contributed by atoms with E-state index in [1.807, 2.05) is 17.0 Å². The Kier molecular flexibility index (Phi) is 5.94. The molecule has 41 heavy (non-hydrogen) atoms. The molecule has 2 saturated carbocycles. The number of nitrogens with zero attached hydrogens (tertiary/aromatic N) is 4. The molecule has 2 aromatic carbocycles. The quantitative estimate of drug-likeness (QED) is 0.360. The number of hydrogen-bond acceptors (Lipinski definition) is 5. The summed E-state index contributed by atoms with van der Waals surface area (Å²) >= 11 is 0. The van der Waals surface area contributed by atoms with Crippen LogP contribution >= 0.6 is 0 Å². The minimum atomic E-state index is 0.0299. The van der Waals surface area contributed by atoms with Crippen molar-refractivity contribution < 1.29 is 14.3 Å². The van der Waals surface area contributed by atoms with Crippen LogP contribution in [0, 0.1) is 11.8 Å². The molecule has 1 amide bonds. The lowest BCUT2D eigenvalue weighted by molar-refractivity contribution is 0.0700. The van der Waals surface area contributed by atoms with Gasteiger partial charge in [0.1, 0.15) is 11.3 Å². The Morgan fingerprint density at radius 3 is 2.71 bits per heavy atom. The molecule has 2 unspecified atom stereocenters. The van der Waals surface area contributed by atoms with Gasteiger partial charge >= 0.3 is 0 Å². The molecule has 2 saturated heterocycles. The van der Waals surface area contributed by atoms with E-state index in [0.717, 1.165) is 74.5 Å². The van der Waals surface area contributed by atoms with Crippen molar-refractivity contribution in [3.8, 4) is 17.3 Å². The molecule has 2 aliphatic carbocycles. The average Bonchev–Trinajstić information content (AvgIpc) is 3.39. The van der Waals surface area contributed by atoms with Crippen LogP contribution in [-0.4, -0.2) is 63.9 Å². The molecule has 4 aliphatic rings. The zero-order chi connectivity index (χ0) is 27.8. The Morgan fingerprint density at radius 1 is 1.12 bits per heavy atom. The number of nitrogens with two attached hydrogens (primary N) is 1. The highest BCUT2D eigenvalue weighted by Crippen LogP contribution is 2.42. The normalized spacial score (nSPS) is 26.0. The maximum atomic E-state index is 13.7. The molecule has 214 valence electrons. The van der Waals surface area contributed by atoms with Crippen LogP contribution in [0.15, 0.2) is 36.4 Å². The summed E-state index contributed by atoms with van der Waals surface area (Å²) in [6.45, 7) is 3.38. The molecule has 8 heteroatoms. The smallest absolute Gasteiger partial charge is 0.254 e. The molecule has 8 nitrogen and oxygen atoms in total. The summed E-state index contributed by atoms with van der Waals surface area (Å²) in [4.78, 5) is 20.9. The van der Waals surface area contributed by atoms with E-state index in [1.54, 1.807) is 7.11 Å². The van der Waals surface area contributed by atoms with Crippen molar-refractivity contribution in [3.63, 3.8) is 0 Å². The van der Waals surface area contributed by atoms with Gasteiger partial charge in [-0.1, -0.05) is 18.2 Å². The molecule has 4 aromatic rings. The lowest BCUT2D eigenvalue weighted by Crippen LogP contribution is -2.41. The number of benzene rings is 2. The van der Waals surface area contributed by atoms with E-state index >= 15 is 0 Å². The van der Waals surface area contributed by atoms with E-state index in [0.29, 0.717) is 29.1 Å². The van der Waals surface area contributed by atoms with Crippen molar-refractivity contribution in [2.24, 2.45) is 24.6 Å². The first-order valence-electron chi connectivity index (χ1n) is 15.3. The standard InChI is InChI=1S/C33H39N5O3/c1-36-31-25(13-23(15-28(31)40-2)33(39)38-17-21-10-11-26(38)29(21)34)35-32(36)27-14-20-5-3-7-24(22-6-4-12-41-18-22)30(20)37(27)16-19-8-9-19/h3,5,7,13-15,19,21-22,26,29H,4,6,8-12,16-18,34H2,1-2H3/t21-,22?,26-,29?/m1/s1. The fourth-order valence-corrected chi connectivity index (χ4v) is 7.87. The number of imidazole rings is 1. The molecule has 0 spiro atoms. The van der Waals surface area contributed by atoms with Gasteiger partial charge in [0, 0.05) is 55.7 Å². The second-order valence-electron chi connectivity index (χ2n) is 12.8. The van der Waals surface area contributed by atoms with Gasteiger partial charge in [0.05, 0.1) is 30.4 Å². The van der Waals surface area contributed by atoms with E-state index in [1.165, 1.54) is 29.3 Å². The fourth-order valence-electron chi connectivity index (χ4n) is 7.87. The van der Waals surface area contributed by atoms with Crippen LogP contribution < -0.4 is 10.5 Å². The highest BCUT2D eigenvalue weighted by Gasteiger charge is 2.47. The third-order valence-corrected chi connectivity index (χ3v) is 10.2. The SMILES string of the molecule is COc1cc(C(=O)N2C[C@H]3CC[C@@H]2C3N)cc2nc(-c3cc4cccc(C5CCCOC5)c4n3CC3CC3)n(C)c12. The predicted octanol–water partition coefficient (Wildman–Crippen LogP) is 5.07. The zero-order valence-corrected chi connectivity index (χ0v) is 24.0. The van der Waals surface area contributed by atoms with E-state index in [4.69, 9.17) is 20.2 Å². The Hall–Kier alpha value is -3.36. The van der Waals surface area contributed by atoms with Gasteiger partial charge in [-0.25, -0.2) is 4.98 Å². The van der Waals surface area contributed by atoms with Crippen molar-refractivity contribution in [3.05, 3.63) is 47.5 Å². The van der Waals surface area contributed by atoms with Crippen LogP contribution in [0.5, 0.6) is 5.75 Å². The molecule has 4 fully saturated rings. The summed E-state index contributed by atoms with van der Waals surface area (Å²) in [5.74, 6) is 3.13. The first kappa shape index (κ1) is 25.4. The highest BCUT2D eigenvalue weighted by molar-refractivity contribution is 6.00. The number of hydrogen-bond donors (Lipinski definition) is 1. The number of carbonyl (C=O) groups is 1. The Bertz CT molecular complexity index is 1660. The van der Waals surface area contributed by atoms with Gasteiger partial charge in [-0.05, 0) is 74.1 Å². The molecule has 4 atom stereocenters. The van der Waals surface area contributed by atoms with Gasteiger partial charge in [-0.15, -0.1) is 0 Å². The van der Waals surface area contributed by atoms with E-state index in [-0.39, 0.29) is 18.0 Å². The number of rotatable bonds is 6. The molecule has 2 aromatic heterocycles. The molecular weight excluding hydrogens is 514 g/mol. The second-order valence-corrected chi connectivity index (χ2v) is 12.8. The summed E-state index contributed by atoms with van der Waals surface area (Å²) in [5.41, 5.74) is 12.6. The van der Waals surface area contributed by atoms with Crippen molar-refractivity contribution in [2.75, 3.05) is 26.9 Å². The maximum Gasteiger partial charge on any atom is 0.254 e. The van der Waals surface area contributed by atoms with Gasteiger partial charge in [-0.2, -0.15) is 0 Å². The zero-order valence-electron chi connectivity index (χ0n) is 24.0. The van der Waals surface area contributed by atoms with Crippen LogP contribution in [0.4, 0.5) is 0 Å². The highest BCUT2D eigenvalue weighted by atomic mass is 16.5. The lowest BCUT2D eigenvalue weighted by atomic mass is 9.92. The maximum absolute atomic E-state index is 13.7. The number of para-hydroxylation sites is 1. The van der Waals surface area contributed by atoms with Crippen LogP contribution in [0.3, 0.4) is 0 Å². The molecule has 0 radical (unpaired) electrons. The minimum absolute atomic E-state index is 0.0299. The van der Waals surface area contributed by atoms with Gasteiger partial charge < -0.3 is 29.2 Å². The monoisotopic (exact) mass is 553 g/mol. The average molecular weight is 554 g/mol. The number of ether oxygens (including phenoxy) is 2. The Balaban J connectivity index is 1.25. The molecule has 2 N–H and O–H groups in total. The number of aromatic nitrogens is 3. The third kappa shape index (κ3) is 4.02. The second kappa shape index (κ2) is 9.60. The number of likely N-dealkylation sites (tertiary alicyclic amines) is 1. The minimum Gasteiger partial charge on any atom is -0.494 e. The van der Waals surface area contributed by atoms with E-state index < -0.39 is 0 Å². The van der Waals surface area contributed by atoms with Crippen molar-refractivity contribution >= 4 is 27.8 Å². The van der Waals surface area contributed by atoms with E-state index in [2.05, 4.69) is 40.4 Å². The number of piperidine rings is 1. The predicted molar refractivity (Wildman–Crippen MR) is 159 cm³/mol. The van der Waals surface area contributed by atoms with Crippen molar-refractivity contribution in [2.45, 2.75) is 63.1 Å². The number of amides is 1. The van der Waals surface area contributed by atoms with Gasteiger partial charge in [0.25, 0.3) is 5.91 Å². The summed E-state index contributed by atoms with van der Waals surface area (Å²) in [6, 6.07) is 13.1. The Labute approximate surface area is 240 Å². The van der Waals surface area contributed by atoms with Crippen LogP contribution in [-0.2, 0) is 18.3 Å². The number of carbonyl (C=O) groups excluding carboxylic acids is 1. The summed E-state index contributed by atoms with van der Waals surface area (Å²) in [6.07, 6.45) is 6.92. The van der Waals surface area contributed by atoms with Crippen LogP contribution in [0.25, 0.3) is 33.5 Å². The van der Waals surface area contributed by atoms with Gasteiger partial charge in [0.2, 0.25) is 0 Å². The Morgan fingerprint density at radius 2 is 2.00 bits per heavy atom. The topological polar surface area (TPSA) is 87.5 Å². The number of methoxy groups -OCH3 is 1. The fraction of sp³-hybridized carbons (Fsp3) is 0.515. The largest absolute Gasteiger partial charge is 0.494 e. The van der Waals surface area contributed by atoms with Gasteiger partial charge in [-0.3, -0.25) is 4.79 Å². The molecule has 2 bridgehead atoms. The summed E-state index contributed by atoms with van der Waals surface area (Å²) in [5, 5.41) is 1.25. The van der Waals surface area contributed by atoms with Crippen LogP contribution in [0.2, 0.25) is 0 Å². The van der Waals surface area contributed by atoms with Crippen molar-refractivity contribution in [1.29, 1.82) is 0 Å². The van der Waals surface area contributed by atoms with Crippen molar-refractivity contribution in [1.82, 2.24) is 19.0 Å². The van der Waals surface area contributed by atoms with E-state index in [9.17, 15) is 4.79 Å². The lowest BCUT2D eigenvalue weighted by Gasteiger charge is -2.27. The first-order chi connectivity index (χ1) is 20.0. The molecular formula is C33H39N5O3. The third-order valence-electron chi connectivity index (χ3n) is 10.2. The molecule has 8 rings (SSSR count). The number of fused-ring (bicyclic) bond motifs is 4. The first-order valence-corrected chi connectivity index (χ1v) is 15.3. The summed E-state index contributed by atoms with van der Waals surface area (Å²) in [7, 11) is 3.73. The van der Waals surface area contributed by atoms with Crippen LogP contribution in [0.1, 0.15) is 60.4 Å². The van der Waals surface area contributed by atoms with Gasteiger partial charge in [0.15, 0.2) is 5.82 Å². The molecule has 2 aliphatic heterocycles.